The van der Waals surface area contributed by atoms with E-state index in [-0.39, 0.29) is 5.91 Å². The van der Waals surface area contributed by atoms with Gasteiger partial charge in [-0.25, -0.2) is 9.97 Å². The molecule has 0 fully saturated rings. The van der Waals surface area contributed by atoms with Crippen LogP contribution in [0.3, 0.4) is 0 Å². The number of rotatable bonds is 6. The third-order valence-electron chi connectivity index (χ3n) is 3.32. The Morgan fingerprint density at radius 2 is 2.08 bits per heavy atom. The Morgan fingerprint density at radius 1 is 1.28 bits per heavy atom. The topological polar surface area (TPSA) is 89.3 Å². The molecule has 0 aliphatic heterocycles. The first kappa shape index (κ1) is 16.8. The van der Waals surface area contributed by atoms with Gasteiger partial charge in [-0.2, -0.15) is 0 Å². The second-order valence-electron chi connectivity index (χ2n) is 5.03. The lowest BCUT2D eigenvalue weighted by Crippen LogP contribution is -2.14. The molecule has 0 saturated heterocycles. The van der Waals surface area contributed by atoms with Gasteiger partial charge in [-0.15, -0.1) is 0 Å². The van der Waals surface area contributed by atoms with Crippen molar-refractivity contribution in [3.05, 3.63) is 65.3 Å². The normalized spacial score (nSPS) is 10.3. The SMILES string of the molecule is COc1ccc(Cl)cc1NC(=O)c1cnc(NCc2ccco2)nc1. The molecular formula is C17H15ClN4O3. The molecule has 3 aromatic rings. The first-order valence-electron chi connectivity index (χ1n) is 7.39. The van der Waals surface area contributed by atoms with Gasteiger partial charge in [0.15, 0.2) is 0 Å². The van der Waals surface area contributed by atoms with Gasteiger partial charge in [0.2, 0.25) is 5.95 Å². The van der Waals surface area contributed by atoms with Crippen molar-refractivity contribution < 1.29 is 13.9 Å². The van der Waals surface area contributed by atoms with E-state index in [1.165, 1.54) is 19.5 Å². The molecule has 0 aliphatic carbocycles. The first-order chi connectivity index (χ1) is 12.2. The molecule has 2 N–H and O–H groups in total. The van der Waals surface area contributed by atoms with E-state index in [2.05, 4.69) is 20.6 Å². The number of hydrogen-bond acceptors (Lipinski definition) is 6. The number of methoxy groups -OCH3 is 1. The van der Waals surface area contributed by atoms with Gasteiger partial charge in [0.1, 0.15) is 11.5 Å². The van der Waals surface area contributed by atoms with E-state index < -0.39 is 0 Å². The number of benzene rings is 1. The van der Waals surface area contributed by atoms with Crippen molar-refractivity contribution >= 4 is 29.1 Å². The number of halogens is 1. The Bertz CT molecular complexity index is 851. The lowest BCUT2D eigenvalue weighted by atomic mass is 10.2. The minimum absolute atomic E-state index is 0.311. The zero-order valence-corrected chi connectivity index (χ0v) is 14.1. The van der Waals surface area contributed by atoms with Crippen LogP contribution in [0.15, 0.2) is 53.4 Å². The summed E-state index contributed by atoms with van der Waals surface area (Å²) in [5.74, 6) is 1.31. The number of anilines is 2. The summed E-state index contributed by atoms with van der Waals surface area (Å²) in [5, 5.41) is 6.22. The van der Waals surface area contributed by atoms with Gasteiger partial charge in [-0.3, -0.25) is 4.79 Å². The molecular weight excluding hydrogens is 344 g/mol. The van der Waals surface area contributed by atoms with Crippen LogP contribution in [0.5, 0.6) is 5.75 Å². The zero-order valence-electron chi connectivity index (χ0n) is 13.3. The van der Waals surface area contributed by atoms with Crippen molar-refractivity contribution in [3.8, 4) is 5.75 Å². The third kappa shape index (κ3) is 4.27. The number of nitrogens with one attached hydrogen (secondary N) is 2. The van der Waals surface area contributed by atoms with Gasteiger partial charge < -0.3 is 19.8 Å². The van der Waals surface area contributed by atoms with Crippen LogP contribution in [0.25, 0.3) is 0 Å². The minimum Gasteiger partial charge on any atom is -0.495 e. The molecule has 1 aromatic carbocycles. The predicted octanol–water partition coefficient (Wildman–Crippen LogP) is 3.60. The van der Waals surface area contributed by atoms with E-state index in [1.807, 2.05) is 6.07 Å². The highest BCUT2D eigenvalue weighted by Crippen LogP contribution is 2.28. The average molecular weight is 359 g/mol. The molecule has 0 unspecified atom stereocenters. The van der Waals surface area contributed by atoms with Gasteiger partial charge in [-0.1, -0.05) is 11.6 Å². The van der Waals surface area contributed by atoms with E-state index in [0.29, 0.717) is 34.5 Å². The molecule has 0 aliphatic rings. The van der Waals surface area contributed by atoms with Gasteiger partial charge in [-0.05, 0) is 30.3 Å². The Hall–Kier alpha value is -3.06. The highest BCUT2D eigenvalue weighted by atomic mass is 35.5. The zero-order chi connectivity index (χ0) is 17.6. The van der Waals surface area contributed by atoms with Gasteiger partial charge in [0.25, 0.3) is 5.91 Å². The fraction of sp³-hybridized carbons (Fsp3) is 0.118. The minimum atomic E-state index is -0.363. The summed E-state index contributed by atoms with van der Waals surface area (Å²) in [6.45, 7) is 0.457. The summed E-state index contributed by atoms with van der Waals surface area (Å²) in [6, 6.07) is 8.61. The van der Waals surface area contributed by atoms with Gasteiger partial charge in [0.05, 0.1) is 31.2 Å². The smallest absolute Gasteiger partial charge is 0.258 e. The quantitative estimate of drug-likeness (QED) is 0.699. The molecule has 128 valence electrons. The Labute approximate surface area is 149 Å². The van der Waals surface area contributed by atoms with Gasteiger partial charge in [0, 0.05) is 17.4 Å². The molecule has 8 heteroatoms. The Kier molecular flexibility index (Phi) is 5.15. The Morgan fingerprint density at radius 3 is 2.76 bits per heavy atom. The maximum absolute atomic E-state index is 12.3. The predicted molar refractivity (Wildman–Crippen MR) is 94.0 cm³/mol. The maximum Gasteiger partial charge on any atom is 0.258 e. The molecule has 2 heterocycles. The number of furan rings is 1. The summed E-state index contributed by atoms with van der Waals surface area (Å²) in [5.41, 5.74) is 0.783. The maximum atomic E-state index is 12.3. The van der Waals surface area contributed by atoms with Crippen LogP contribution in [0, 0.1) is 0 Å². The molecule has 0 radical (unpaired) electrons. The number of amides is 1. The molecule has 0 bridgehead atoms. The van der Waals surface area contributed by atoms with E-state index >= 15 is 0 Å². The second kappa shape index (κ2) is 7.67. The van der Waals surface area contributed by atoms with Crippen LogP contribution in [0.4, 0.5) is 11.6 Å². The van der Waals surface area contributed by atoms with Crippen LogP contribution in [0.1, 0.15) is 16.1 Å². The lowest BCUT2D eigenvalue weighted by molar-refractivity contribution is 0.102. The van der Waals surface area contributed by atoms with E-state index in [4.69, 9.17) is 20.8 Å². The monoisotopic (exact) mass is 358 g/mol. The van der Waals surface area contributed by atoms with Crippen LogP contribution >= 0.6 is 11.6 Å². The Balaban J connectivity index is 1.65. The van der Waals surface area contributed by atoms with E-state index in [0.717, 1.165) is 5.76 Å². The fourth-order valence-electron chi connectivity index (χ4n) is 2.09. The van der Waals surface area contributed by atoms with Crippen molar-refractivity contribution in [2.45, 2.75) is 6.54 Å². The average Bonchev–Trinajstić information content (AvgIpc) is 3.14. The van der Waals surface area contributed by atoms with E-state index in [9.17, 15) is 4.79 Å². The molecule has 0 saturated carbocycles. The summed E-state index contributed by atoms with van der Waals surface area (Å²) >= 11 is 5.95. The summed E-state index contributed by atoms with van der Waals surface area (Å²) < 4.78 is 10.4. The highest BCUT2D eigenvalue weighted by Gasteiger charge is 2.11. The third-order valence-corrected chi connectivity index (χ3v) is 3.56. The molecule has 1 amide bonds. The first-order valence-corrected chi connectivity index (χ1v) is 7.76. The lowest BCUT2D eigenvalue weighted by Gasteiger charge is -2.10. The number of hydrogen-bond donors (Lipinski definition) is 2. The highest BCUT2D eigenvalue weighted by molar-refractivity contribution is 6.31. The van der Waals surface area contributed by atoms with Crippen molar-refractivity contribution in [1.82, 2.24) is 9.97 Å². The molecule has 0 spiro atoms. The number of ether oxygens (including phenoxy) is 1. The summed E-state index contributed by atoms with van der Waals surface area (Å²) in [6.07, 6.45) is 4.46. The molecule has 7 nitrogen and oxygen atoms in total. The van der Waals surface area contributed by atoms with Crippen molar-refractivity contribution in [1.29, 1.82) is 0 Å². The van der Waals surface area contributed by atoms with Gasteiger partial charge >= 0.3 is 0 Å². The fourth-order valence-corrected chi connectivity index (χ4v) is 2.26. The number of aromatic nitrogens is 2. The van der Waals surface area contributed by atoms with Crippen molar-refractivity contribution in [2.75, 3.05) is 17.7 Å². The molecule has 25 heavy (non-hydrogen) atoms. The molecule has 0 atom stereocenters. The number of nitrogens with zero attached hydrogens (tertiary/aromatic N) is 2. The van der Waals surface area contributed by atoms with Crippen LogP contribution in [-0.2, 0) is 6.54 Å². The molecule has 3 rings (SSSR count). The standard InChI is InChI=1S/C17H15ClN4O3/c1-24-15-5-4-12(18)7-14(15)22-16(23)11-8-19-17(20-9-11)21-10-13-3-2-6-25-13/h2-9H,10H2,1H3,(H,22,23)(H,19,20,21). The summed E-state index contributed by atoms with van der Waals surface area (Å²) in [7, 11) is 1.52. The van der Waals surface area contributed by atoms with Crippen molar-refractivity contribution in [2.24, 2.45) is 0 Å². The second-order valence-corrected chi connectivity index (χ2v) is 5.46. The molecule has 2 aromatic heterocycles. The largest absolute Gasteiger partial charge is 0.495 e. The number of carbonyl (C=O) groups is 1. The van der Waals surface area contributed by atoms with Crippen LogP contribution in [0.2, 0.25) is 5.02 Å². The van der Waals surface area contributed by atoms with Crippen molar-refractivity contribution in [3.63, 3.8) is 0 Å². The van der Waals surface area contributed by atoms with E-state index in [1.54, 1.807) is 30.5 Å². The summed E-state index contributed by atoms with van der Waals surface area (Å²) in [4.78, 5) is 20.6. The van der Waals surface area contributed by atoms with Crippen LogP contribution < -0.4 is 15.4 Å². The van der Waals surface area contributed by atoms with Crippen LogP contribution in [-0.4, -0.2) is 23.0 Å². The number of carbonyl (C=O) groups excluding carboxylic acids is 1.